The maximum atomic E-state index is 12.3. The van der Waals surface area contributed by atoms with Gasteiger partial charge in [0, 0.05) is 7.05 Å². The summed E-state index contributed by atoms with van der Waals surface area (Å²) in [6.07, 6.45) is 0. The van der Waals surface area contributed by atoms with Gasteiger partial charge in [-0.1, -0.05) is 29.5 Å². The number of anilines is 1. The summed E-state index contributed by atoms with van der Waals surface area (Å²) >= 11 is 1.15. The summed E-state index contributed by atoms with van der Waals surface area (Å²) in [5, 5.41) is 3.46. The van der Waals surface area contributed by atoms with Gasteiger partial charge in [-0.15, -0.1) is 0 Å². The van der Waals surface area contributed by atoms with Crippen LogP contribution >= 0.6 is 11.3 Å². The number of hydrogen-bond acceptors (Lipinski definition) is 5. The fraction of sp³-hybridized carbons (Fsp3) is 0.182. The third kappa shape index (κ3) is 2.18. The minimum absolute atomic E-state index is 0.299. The van der Waals surface area contributed by atoms with Crippen LogP contribution in [0.25, 0.3) is 0 Å². The topological polar surface area (TPSA) is 59.1 Å². The minimum Gasteiger partial charge on any atom is -0.365 e. The molecule has 2 rings (SSSR count). The number of rotatable bonds is 3. The van der Waals surface area contributed by atoms with Gasteiger partial charge in [-0.25, -0.2) is 13.4 Å². The van der Waals surface area contributed by atoms with Crippen LogP contribution in [0.4, 0.5) is 5.13 Å². The van der Waals surface area contributed by atoms with Crippen LogP contribution in [0.1, 0.15) is 5.69 Å². The van der Waals surface area contributed by atoms with Crippen LogP contribution in [0.5, 0.6) is 0 Å². The zero-order valence-electron chi connectivity index (χ0n) is 9.47. The highest BCUT2D eigenvalue weighted by atomic mass is 32.2. The number of nitrogens with one attached hydrogen (secondary N) is 1. The first-order valence-electron chi connectivity index (χ1n) is 5.01. The summed E-state index contributed by atoms with van der Waals surface area (Å²) in [5.41, 5.74) is 0.531. The fourth-order valence-electron chi connectivity index (χ4n) is 1.45. The number of hydrogen-bond donors (Lipinski definition) is 1. The van der Waals surface area contributed by atoms with E-state index < -0.39 is 9.84 Å². The van der Waals surface area contributed by atoms with E-state index >= 15 is 0 Å². The molecule has 2 aromatic rings. The van der Waals surface area contributed by atoms with E-state index in [-0.39, 0.29) is 0 Å². The molecule has 6 heteroatoms. The summed E-state index contributed by atoms with van der Waals surface area (Å²) in [5.74, 6) is 0. The largest absolute Gasteiger partial charge is 0.365 e. The van der Waals surface area contributed by atoms with Crippen molar-refractivity contribution in [3.8, 4) is 0 Å². The fourth-order valence-corrected chi connectivity index (χ4v) is 4.23. The molecule has 1 aromatic heterocycles. The lowest BCUT2D eigenvalue weighted by molar-refractivity contribution is 0.597. The average molecular weight is 268 g/mol. The Hall–Kier alpha value is -1.40. The Labute approximate surface area is 104 Å². The number of aromatic nitrogens is 1. The van der Waals surface area contributed by atoms with Crippen LogP contribution in [-0.2, 0) is 9.84 Å². The molecule has 0 saturated heterocycles. The molecule has 17 heavy (non-hydrogen) atoms. The molecule has 0 bridgehead atoms. The highest BCUT2D eigenvalue weighted by Gasteiger charge is 2.23. The maximum Gasteiger partial charge on any atom is 0.217 e. The third-order valence-electron chi connectivity index (χ3n) is 2.27. The van der Waals surface area contributed by atoms with Gasteiger partial charge in [0.05, 0.1) is 10.6 Å². The van der Waals surface area contributed by atoms with Crippen LogP contribution in [0, 0.1) is 6.92 Å². The van der Waals surface area contributed by atoms with E-state index in [4.69, 9.17) is 0 Å². The first-order valence-corrected chi connectivity index (χ1v) is 7.31. The van der Waals surface area contributed by atoms with Crippen LogP contribution in [-0.4, -0.2) is 20.4 Å². The van der Waals surface area contributed by atoms with Crippen molar-refractivity contribution in [1.29, 1.82) is 0 Å². The normalized spacial score (nSPS) is 11.4. The van der Waals surface area contributed by atoms with Crippen LogP contribution in [0.15, 0.2) is 39.4 Å². The van der Waals surface area contributed by atoms with Gasteiger partial charge >= 0.3 is 0 Å². The summed E-state index contributed by atoms with van der Waals surface area (Å²) in [7, 11) is -1.72. The first-order chi connectivity index (χ1) is 8.05. The number of aryl methyl sites for hydroxylation is 1. The summed E-state index contributed by atoms with van der Waals surface area (Å²) in [6.45, 7) is 1.70. The van der Waals surface area contributed by atoms with E-state index in [2.05, 4.69) is 10.3 Å². The molecule has 1 N–H and O–H groups in total. The van der Waals surface area contributed by atoms with E-state index in [1.807, 2.05) is 0 Å². The highest BCUT2D eigenvalue weighted by Crippen LogP contribution is 2.31. The van der Waals surface area contributed by atoms with Crippen molar-refractivity contribution in [1.82, 2.24) is 4.98 Å². The predicted octanol–water partition coefficient (Wildman–Crippen LogP) is 2.33. The van der Waals surface area contributed by atoms with Crippen molar-refractivity contribution >= 4 is 26.3 Å². The number of thiazole rings is 1. The number of sulfone groups is 1. The van der Waals surface area contributed by atoms with E-state index in [0.29, 0.717) is 19.9 Å². The molecule has 0 aliphatic heterocycles. The van der Waals surface area contributed by atoms with Crippen LogP contribution in [0.3, 0.4) is 0 Å². The van der Waals surface area contributed by atoms with Gasteiger partial charge in [-0.05, 0) is 19.1 Å². The van der Waals surface area contributed by atoms with Crippen molar-refractivity contribution in [3.63, 3.8) is 0 Å². The van der Waals surface area contributed by atoms with Crippen molar-refractivity contribution in [2.75, 3.05) is 12.4 Å². The van der Waals surface area contributed by atoms with Gasteiger partial charge in [0.15, 0.2) is 5.13 Å². The molecule has 1 aromatic carbocycles. The molecule has 0 amide bonds. The second-order valence-electron chi connectivity index (χ2n) is 3.46. The van der Waals surface area contributed by atoms with E-state index in [9.17, 15) is 8.42 Å². The first kappa shape index (κ1) is 12.1. The monoisotopic (exact) mass is 268 g/mol. The van der Waals surface area contributed by atoms with Gasteiger partial charge in [0.1, 0.15) is 4.21 Å². The summed E-state index contributed by atoms with van der Waals surface area (Å²) < 4.78 is 25.0. The molecule has 0 radical (unpaired) electrons. The van der Waals surface area contributed by atoms with Crippen molar-refractivity contribution in [2.24, 2.45) is 0 Å². The number of benzene rings is 1. The van der Waals surface area contributed by atoms with E-state index in [1.54, 1.807) is 44.3 Å². The lowest BCUT2D eigenvalue weighted by Gasteiger charge is -2.01. The van der Waals surface area contributed by atoms with Crippen molar-refractivity contribution in [3.05, 3.63) is 36.0 Å². The Morgan fingerprint density at radius 3 is 2.41 bits per heavy atom. The van der Waals surface area contributed by atoms with Gasteiger partial charge in [0.25, 0.3) is 0 Å². The maximum absolute atomic E-state index is 12.3. The Morgan fingerprint density at radius 2 is 1.88 bits per heavy atom. The molecule has 0 aliphatic rings. The molecule has 0 spiro atoms. The van der Waals surface area contributed by atoms with Crippen LogP contribution < -0.4 is 5.32 Å². The molecule has 1 heterocycles. The predicted molar refractivity (Wildman–Crippen MR) is 68.3 cm³/mol. The van der Waals surface area contributed by atoms with E-state index in [0.717, 1.165) is 11.3 Å². The molecule has 0 saturated carbocycles. The molecule has 4 nitrogen and oxygen atoms in total. The molecular formula is C11H12N2O2S2. The zero-order valence-corrected chi connectivity index (χ0v) is 11.1. The van der Waals surface area contributed by atoms with Crippen LogP contribution in [0.2, 0.25) is 0 Å². The third-order valence-corrected chi connectivity index (χ3v) is 5.82. The second-order valence-corrected chi connectivity index (χ2v) is 6.60. The Balaban J connectivity index is 2.56. The number of nitrogens with zero attached hydrogens (tertiary/aromatic N) is 1. The second kappa shape index (κ2) is 4.46. The summed E-state index contributed by atoms with van der Waals surface area (Å²) in [4.78, 5) is 4.45. The molecular weight excluding hydrogens is 256 g/mol. The average Bonchev–Trinajstić information content (AvgIpc) is 2.72. The molecule has 0 atom stereocenters. The molecule has 0 fully saturated rings. The van der Waals surface area contributed by atoms with Gasteiger partial charge in [-0.3, -0.25) is 0 Å². The smallest absolute Gasteiger partial charge is 0.217 e. The van der Waals surface area contributed by atoms with E-state index in [1.165, 1.54) is 0 Å². The Kier molecular flexibility index (Phi) is 3.17. The lowest BCUT2D eigenvalue weighted by Crippen LogP contribution is -2.01. The molecule has 0 aliphatic carbocycles. The van der Waals surface area contributed by atoms with Gasteiger partial charge in [-0.2, -0.15) is 0 Å². The molecule has 0 unspecified atom stereocenters. The highest BCUT2D eigenvalue weighted by molar-refractivity contribution is 7.93. The quantitative estimate of drug-likeness (QED) is 0.928. The van der Waals surface area contributed by atoms with Gasteiger partial charge < -0.3 is 5.32 Å². The van der Waals surface area contributed by atoms with Gasteiger partial charge in [0.2, 0.25) is 9.84 Å². The summed E-state index contributed by atoms with van der Waals surface area (Å²) in [6, 6.07) is 8.39. The Bertz CT molecular complexity index is 618. The minimum atomic E-state index is -3.44. The lowest BCUT2D eigenvalue weighted by atomic mass is 10.4. The zero-order chi connectivity index (χ0) is 12.5. The SMILES string of the molecule is CNc1nc(C)c(S(=O)(=O)c2ccccc2)s1. The Morgan fingerprint density at radius 1 is 1.24 bits per heavy atom. The van der Waals surface area contributed by atoms with Crippen molar-refractivity contribution < 1.29 is 8.42 Å². The molecule has 90 valence electrons. The van der Waals surface area contributed by atoms with Crippen molar-refractivity contribution in [2.45, 2.75) is 16.0 Å². The standard InChI is InChI=1S/C11H12N2O2S2/c1-8-10(16-11(12-2)13-8)17(14,15)9-6-4-3-5-7-9/h3-7H,1-2H3,(H,12,13).